The number of carboxylic acid groups (broad SMARTS) is 1. The fourth-order valence-electron chi connectivity index (χ4n) is 2.04. The molecule has 3 heteroatoms. The molecule has 0 aromatic heterocycles. The molecule has 56 valence electrons. The van der Waals surface area contributed by atoms with E-state index in [1.54, 1.807) is 0 Å². The summed E-state index contributed by atoms with van der Waals surface area (Å²) in [5.41, 5.74) is 0. The van der Waals surface area contributed by atoms with Crippen molar-refractivity contribution in [2.75, 3.05) is 6.54 Å². The predicted octanol–water partition coefficient (Wildman–Crippen LogP) is 0.0690. The molecule has 1 aliphatic heterocycles. The van der Waals surface area contributed by atoms with E-state index in [0.29, 0.717) is 24.3 Å². The van der Waals surface area contributed by atoms with E-state index in [2.05, 4.69) is 5.32 Å². The summed E-state index contributed by atoms with van der Waals surface area (Å²) in [6.45, 7) is 1.09. The van der Waals surface area contributed by atoms with E-state index in [9.17, 15) is 4.79 Å². The lowest BCUT2D eigenvalue weighted by Gasteiger charge is -1.98. The molecule has 1 saturated heterocycles. The molecule has 1 aliphatic carbocycles. The summed E-state index contributed by atoms with van der Waals surface area (Å²) in [4.78, 5) is 10.3. The Morgan fingerprint density at radius 1 is 1.70 bits per heavy atom. The average Bonchev–Trinajstić information content (AvgIpc) is 2.40. The monoisotopic (exact) mass is 141 g/mol. The number of fused-ring (bicyclic) bond motifs is 1. The largest absolute Gasteiger partial charge is 0.481 e. The Hall–Kier alpha value is -0.570. The SMILES string of the molecule is O=C(O)CC1C2CCNC21. The molecule has 0 spiro atoms. The Balaban J connectivity index is 1.84. The Morgan fingerprint density at radius 2 is 2.50 bits per heavy atom. The molecule has 3 atom stereocenters. The Kier molecular flexibility index (Phi) is 1.20. The van der Waals surface area contributed by atoms with Crippen LogP contribution in [0, 0.1) is 11.8 Å². The number of aliphatic carboxylic acids is 1. The lowest BCUT2D eigenvalue weighted by atomic mass is 10.2. The quantitative estimate of drug-likeness (QED) is 0.572. The van der Waals surface area contributed by atoms with Crippen molar-refractivity contribution in [2.24, 2.45) is 11.8 Å². The van der Waals surface area contributed by atoms with Crippen LogP contribution in [0.5, 0.6) is 0 Å². The minimum Gasteiger partial charge on any atom is -0.481 e. The summed E-state index contributed by atoms with van der Waals surface area (Å²) in [7, 11) is 0. The zero-order valence-corrected chi connectivity index (χ0v) is 5.71. The Morgan fingerprint density at radius 3 is 3.00 bits per heavy atom. The minimum absolute atomic E-state index is 0.363. The summed E-state index contributed by atoms with van der Waals surface area (Å²) in [5, 5.41) is 11.7. The van der Waals surface area contributed by atoms with Crippen LogP contribution in [-0.4, -0.2) is 23.7 Å². The van der Waals surface area contributed by atoms with Crippen LogP contribution in [0.3, 0.4) is 0 Å². The van der Waals surface area contributed by atoms with Crippen molar-refractivity contribution >= 4 is 5.97 Å². The standard InChI is InChI=1S/C7H11NO2/c9-6(10)3-5-4-1-2-8-7(4)5/h4-5,7-8H,1-3H2,(H,9,10). The van der Waals surface area contributed by atoms with E-state index in [1.165, 1.54) is 6.42 Å². The van der Waals surface area contributed by atoms with Crippen molar-refractivity contribution < 1.29 is 9.90 Å². The number of piperidine rings is 1. The van der Waals surface area contributed by atoms with Crippen LogP contribution in [0.15, 0.2) is 0 Å². The molecular formula is C7H11NO2. The van der Waals surface area contributed by atoms with Crippen LogP contribution in [0.1, 0.15) is 12.8 Å². The average molecular weight is 141 g/mol. The van der Waals surface area contributed by atoms with Crippen molar-refractivity contribution in [1.29, 1.82) is 0 Å². The molecule has 1 saturated carbocycles. The van der Waals surface area contributed by atoms with Crippen molar-refractivity contribution in [1.82, 2.24) is 5.32 Å². The zero-order chi connectivity index (χ0) is 7.14. The van der Waals surface area contributed by atoms with Gasteiger partial charge in [0.15, 0.2) is 0 Å². The molecule has 0 radical (unpaired) electrons. The van der Waals surface area contributed by atoms with Gasteiger partial charge >= 0.3 is 5.97 Å². The molecule has 0 aromatic rings. The van der Waals surface area contributed by atoms with Gasteiger partial charge in [-0.05, 0) is 24.8 Å². The van der Waals surface area contributed by atoms with Gasteiger partial charge in [0.25, 0.3) is 0 Å². The van der Waals surface area contributed by atoms with Crippen LogP contribution in [0.4, 0.5) is 0 Å². The number of hydrogen-bond acceptors (Lipinski definition) is 2. The number of carboxylic acids is 1. The third-order valence-electron chi connectivity index (χ3n) is 2.60. The lowest BCUT2D eigenvalue weighted by Crippen LogP contribution is -2.16. The first kappa shape index (κ1) is 6.16. The van der Waals surface area contributed by atoms with E-state index in [1.807, 2.05) is 0 Å². The molecular weight excluding hydrogens is 130 g/mol. The Bertz CT molecular complexity index is 159. The van der Waals surface area contributed by atoms with Crippen molar-refractivity contribution in [3.63, 3.8) is 0 Å². The first-order chi connectivity index (χ1) is 4.79. The molecule has 10 heavy (non-hydrogen) atoms. The van der Waals surface area contributed by atoms with Crippen molar-refractivity contribution in [3.05, 3.63) is 0 Å². The summed E-state index contributed by atoms with van der Waals surface area (Å²) in [5.74, 6) is 0.489. The van der Waals surface area contributed by atoms with Gasteiger partial charge in [-0.15, -0.1) is 0 Å². The second-order valence-electron chi connectivity index (χ2n) is 3.19. The maximum Gasteiger partial charge on any atom is 0.303 e. The molecule has 2 rings (SSSR count). The van der Waals surface area contributed by atoms with Crippen LogP contribution in [0.25, 0.3) is 0 Å². The minimum atomic E-state index is -0.652. The summed E-state index contributed by atoms with van der Waals surface area (Å²) in [6.07, 6.45) is 1.55. The number of hydrogen-bond donors (Lipinski definition) is 2. The van der Waals surface area contributed by atoms with Gasteiger partial charge in [0.2, 0.25) is 0 Å². The summed E-state index contributed by atoms with van der Waals surface area (Å²) < 4.78 is 0. The molecule has 3 unspecified atom stereocenters. The van der Waals surface area contributed by atoms with Crippen molar-refractivity contribution in [2.45, 2.75) is 18.9 Å². The molecule has 0 aromatic carbocycles. The van der Waals surface area contributed by atoms with E-state index >= 15 is 0 Å². The normalized spacial score (nSPS) is 43.0. The van der Waals surface area contributed by atoms with Gasteiger partial charge < -0.3 is 10.4 Å². The maximum atomic E-state index is 10.3. The van der Waals surface area contributed by atoms with E-state index in [-0.39, 0.29) is 0 Å². The van der Waals surface area contributed by atoms with Crippen molar-refractivity contribution in [3.8, 4) is 0 Å². The van der Waals surface area contributed by atoms with Gasteiger partial charge in [0.1, 0.15) is 0 Å². The fraction of sp³-hybridized carbons (Fsp3) is 0.857. The number of carbonyl (C=O) groups is 1. The molecule has 0 amide bonds. The molecule has 1 heterocycles. The van der Waals surface area contributed by atoms with E-state index < -0.39 is 5.97 Å². The topological polar surface area (TPSA) is 49.3 Å². The number of rotatable bonds is 2. The third-order valence-corrected chi connectivity index (χ3v) is 2.60. The second kappa shape index (κ2) is 1.95. The van der Waals surface area contributed by atoms with Gasteiger partial charge in [-0.3, -0.25) is 4.79 Å². The Labute approximate surface area is 59.4 Å². The lowest BCUT2D eigenvalue weighted by molar-refractivity contribution is -0.137. The summed E-state index contributed by atoms with van der Waals surface area (Å²) in [6, 6.07) is 0.552. The van der Waals surface area contributed by atoms with Gasteiger partial charge in [0, 0.05) is 12.5 Å². The maximum absolute atomic E-state index is 10.3. The summed E-state index contributed by atoms with van der Waals surface area (Å²) >= 11 is 0. The zero-order valence-electron chi connectivity index (χ0n) is 5.71. The first-order valence-corrected chi connectivity index (χ1v) is 3.74. The van der Waals surface area contributed by atoms with Gasteiger partial charge in [-0.1, -0.05) is 0 Å². The highest BCUT2D eigenvalue weighted by Gasteiger charge is 2.53. The van der Waals surface area contributed by atoms with Gasteiger partial charge in [-0.25, -0.2) is 0 Å². The fourth-order valence-corrected chi connectivity index (χ4v) is 2.04. The smallest absolute Gasteiger partial charge is 0.303 e. The van der Waals surface area contributed by atoms with Crippen LogP contribution in [-0.2, 0) is 4.79 Å². The number of nitrogens with one attached hydrogen (secondary N) is 1. The second-order valence-corrected chi connectivity index (χ2v) is 3.19. The van der Waals surface area contributed by atoms with Gasteiger partial charge in [-0.2, -0.15) is 0 Å². The predicted molar refractivity (Wildman–Crippen MR) is 35.6 cm³/mol. The molecule has 0 bridgehead atoms. The van der Waals surface area contributed by atoms with Gasteiger partial charge in [0.05, 0.1) is 0 Å². The molecule has 2 fully saturated rings. The highest BCUT2D eigenvalue weighted by atomic mass is 16.4. The first-order valence-electron chi connectivity index (χ1n) is 3.74. The highest BCUT2D eigenvalue weighted by molar-refractivity contribution is 5.68. The van der Waals surface area contributed by atoms with Crippen LogP contribution >= 0.6 is 0 Å². The third kappa shape index (κ3) is 0.814. The molecule has 2 aliphatic rings. The van der Waals surface area contributed by atoms with E-state index in [0.717, 1.165) is 6.54 Å². The van der Waals surface area contributed by atoms with Crippen LogP contribution in [0.2, 0.25) is 0 Å². The highest BCUT2D eigenvalue weighted by Crippen LogP contribution is 2.47. The molecule has 3 nitrogen and oxygen atoms in total. The van der Waals surface area contributed by atoms with Crippen LogP contribution < -0.4 is 5.32 Å². The molecule has 2 N–H and O–H groups in total. The van der Waals surface area contributed by atoms with E-state index in [4.69, 9.17) is 5.11 Å².